The van der Waals surface area contributed by atoms with Crippen LogP contribution in [0.1, 0.15) is 31.2 Å². The molecule has 2 N–H and O–H groups in total. The molecule has 0 spiro atoms. The van der Waals surface area contributed by atoms with E-state index in [1.807, 2.05) is 0 Å². The maximum absolute atomic E-state index is 5.58. The Balaban J connectivity index is 2.24. The van der Waals surface area contributed by atoms with Crippen molar-refractivity contribution in [1.29, 1.82) is 0 Å². The Labute approximate surface area is 121 Å². The second-order valence-corrected chi connectivity index (χ2v) is 5.28. The number of unbranched alkanes of at least 4 members (excludes halogenated alkanes) is 1. The monoisotopic (exact) mass is 278 g/mol. The molecule has 0 radical (unpaired) electrons. The highest BCUT2D eigenvalue weighted by Gasteiger charge is 2.19. The molecule has 2 rings (SSSR count). The average Bonchev–Trinajstić information content (AvgIpc) is 3.01. The molecule has 0 unspecified atom stereocenters. The molecule has 112 valence electrons. The van der Waals surface area contributed by atoms with E-state index >= 15 is 0 Å². The molecule has 1 fully saturated rings. The normalized spacial score (nSPS) is 14.7. The number of nitrogens with zero attached hydrogens (tertiary/aromatic N) is 1. The van der Waals surface area contributed by atoms with E-state index in [-0.39, 0.29) is 0 Å². The minimum atomic E-state index is 0.741. The number of methoxy groups -OCH3 is 2. The summed E-state index contributed by atoms with van der Waals surface area (Å²) >= 11 is 0. The van der Waals surface area contributed by atoms with Crippen LogP contribution in [0.15, 0.2) is 12.1 Å². The molecule has 1 heterocycles. The summed E-state index contributed by atoms with van der Waals surface area (Å²) in [4.78, 5) is 2.38. The molecule has 1 aromatic carbocycles. The maximum Gasteiger partial charge on any atom is 0.142 e. The van der Waals surface area contributed by atoms with Gasteiger partial charge in [-0.15, -0.1) is 0 Å². The highest BCUT2D eigenvalue weighted by Crippen LogP contribution is 2.37. The molecule has 0 saturated carbocycles. The van der Waals surface area contributed by atoms with Crippen molar-refractivity contribution in [3.8, 4) is 11.5 Å². The number of ether oxygens (including phenoxy) is 2. The van der Waals surface area contributed by atoms with Gasteiger partial charge in [0.25, 0.3) is 0 Å². The molecular formula is C16H26N2O2. The van der Waals surface area contributed by atoms with Gasteiger partial charge in [0, 0.05) is 19.2 Å². The minimum Gasteiger partial charge on any atom is -0.496 e. The molecule has 0 aliphatic carbocycles. The number of nitrogens with two attached hydrogens (primary N) is 1. The van der Waals surface area contributed by atoms with Gasteiger partial charge in [-0.3, -0.25) is 0 Å². The van der Waals surface area contributed by atoms with Crippen LogP contribution in [0, 0.1) is 0 Å². The third-order valence-corrected chi connectivity index (χ3v) is 3.93. The predicted octanol–water partition coefficient (Wildman–Crippen LogP) is 2.59. The standard InChI is InChI=1S/C16H26N2O2/c1-19-15-12-14(18-9-5-6-10-18)16(20-2)11-13(15)7-3-4-8-17/h11-12H,3-10,17H2,1-2H3. The van der Waals surface area contributed by atoms with Gasteiger partial charge in [-0.1, -0.05) is 0 Å². The molecule has 20 heavy (non-hydrogen) atoms. The van der Waals surface area contributed by atoms with Crippen molar-refractivity contribution < 1.29 is 9.47 Å². The van der Waals surface area contributed by atoms with Gasteiger partial charge in [0.2, 0.25) is 0 Å². The summed E-state index contributed by atoms with van der Waals surface area (Å²) in [6.45, 7) is 2.95. The van der Waals surface area contributed by atoms with Gasteiger partial charge in [-0.25, -0.2) is 0 Å². The van der Waals surface area contributed by atoms with Gasteiger partial charge in [0.1, 0.15) is 11.5 Å². The van der Waals surface area contributed by atoms with Crippen molar-refractivity contribution in [3.05, 3.63) is 17.7 Å². The number of anilines is 1. The second kappa shape index (κ2) is 7.39. The van der Waals surface area contributed by atoms with Gasteiger partial charge in [0.05, 0.1) is 19.9 Å². The Bertz CT molecular complexity index is 429. The fourth-order valence-electron chi connectivity index (χ4n) is 2.81. The van der Waals surface area contributed by atoms with Crippen LogP contribution in [0.3, 0.4) is 0 Å². The lowest BCUT2D eigenvalue weighted by Gasteiger charge is -2.22. The van der Waals surface area contributed by atoms with Crippen molar-refractivity contribution in [2.24, 2.45) is 5.73 Å². The number of aryl methyl sites for hydroxylation is 1. The van der Waals surface area contributed by atoms with Gasteiger partial charge in [0.15, 0.2) is 0 Å². The number of rotatable bonds is 7. The van der Waals surface area contributed by atoms with Gasteiger partial charge < -0.3 is 20.1 Å². The van der Waals surface area contributed by atoms with Crippen LogP contribution >= 0.6 is 0 Å². The zero-order valence-corrected chi connectivity index (χ0v) is 12.7. The van der Waals surface area contributed by atoms with E-state index in [0.29, 0.717) is 0 Å². The summed E-state index contributed by atoms with van der Waals surface area (Å²) in [5, 5.41) is 0. The second-order valence-electron chi connectivity index (χ2n) is 5.28. The summed E-state index contributed by atoms with van der Waals surface area (Å²) in [5.74, 6) is 1.92. The van der Waals surface area contributed by atoms with Crippen LogP contribution in [-0.4, -0.2) is 33.9 Å². The molecular weight excluding hydrogens is 252 g/mol. The van der Waals surface area contributed by atoms with E-state index in [2.05, 4.69) is 17.0 Å². The van der Waals surface area contributed by atoms with E-state index in [4.69, 9.17) is 15.2 Å². The van der Waals surface area contributed by atoms with Crippen molar-refractivity contribution in [3.63, 3.8) is 0 Å². The first-order chi connectivity index (χ1) is 9.80. The van der Waals surface area contributed by atoms with E-state index < -0.39 is 0 Å². The molecule has 1 aliphatic rings. The lowest BCUT2D eigenvalue weighted by atomic mass is 10.1. The number of hydrogen-bond donors (Lipinski definition) is 1. The van der Waals surface area contributed by atoms with E-state index in [0.717, 1.165) is 56.1 Å². The van der Waals surface area contributed by atoms with Crippen LogP contribution in [0.4, 0.5) is 5.69 Å². The van der Waals surface area contributed by atoms with Gasteiger partial charge in [-0.2, -0.15) is 0 Å². The quantitative estimate of drug-likeness (QED) is 0.779. The molecule has 4 nitrogen and oxygen atoms in total. The Morgan fingerprint density at radius 2 is 1.75 bits per heavy atom. The summed E-state index contributed by atoms with van der Waals surface area (Å²) in [7, 11) is 3.48. The van der Waals surface area contributed by atoms with Gasteiger partial charge >= 0.3 is 0 Å². The third-order valence-electron chi connectivity index (χ3n) is 3.93. The summed E-state index contributed by atoms with van der Waals surface area (Å²) < 4.78 is 11.1. The van der Waals surface area contributed by atoms with Crippen LogP contribution < -0.4 is 20.1 Å². The fraction of sp³-hybridized carbons (Fsp3) is 0.625. The smallest absolute Gasteiger partial charge is 0.142 e. The highest BCUT2D eigenvalue weighted by molar-refractivity contribution is 5.64. The maximum atomic E-state index is 5.58. The van der Waals surface area contributed by atoms with Crippen LogP contribution in [0.5, 0.6) is 11.5 Å². The average molecular weight is 278 g/mol. The van der Waals surface area contributed by atoms with Crippen LogP contribution in [-0.2, 0) is 6.42 Å². The first kappa shape index (κ1) is 15.0. The van der Waals surface area contributed by atoms with Crippen molar-refractivity contribution >= 4 is 5.69 Å². The Hall–Kier alpha value is -1.42. The number of hydrogen-bond acceptors (Lipinski definition) is 4. The SMILES string of the molecule is COc1cc(N2CCCC2)c(OC)cc1CCCCN. The highest BCUT2D eigenvalue weighted by atomic mass is 16.5. The molecule has 0 amide bonds. The molecule has 4 heteroatoms. The van der Waals surface area contributed by atoms with Crippen LogP contribution in [0.2, 0.25) is 0 Å². The molecule has 0 aromatic heterocycles. The summed E-state index contributed by atoms with van der Waals surface area (Å²) in [6, 6.07) is 4.25. The van der Waals surface area contributed by atoms with Gasteiger partial charge in [-0.05, 0) is 50.3 Å². The Morgan fingerprint density at radius 3 is 2.35 bits per heavy atom. The summed E-state index contributed by atoms with van der Waals surface area (Å²) in [5.41, 5.74) is 7.93. The third kappa shape index (κ3) is 3.37. The molecule has 0 bridgehead atoms. The van der Waals surface area contributed by atoms with Crippen molar-refractivity contribution in [2.45, 2.75) is 32.1 Å². The fourth-order valence-corrected chi connectivity index (χ4v) is 2.81. The van der Waals surface area contributed by atoms with E-state index in [1.54, 1.807) is 14.2 Å². The first-order valence-electron chi connectivity index (χ1n) is 7.50. The van der Waals surface area contributed by atoms with Crippen molar-refractivity contribution in [2.75, 3.05) is 38.8 Å². The number of benzene rings is 1. The van der Waals surface area contributed by atoms with E-state index in [1.165, 1.54) is 18.4 Å². The van der Waals surface area contributed by atoms with E-state index in [9.17, 15) is 0 Å². The largest absolute Gasteiger partial charge is 0.496 e. The predicted molar refractivity (Wildman–Crippen MR) is 83.0 cm³/mol. The first-order valence-corrected chi connectivity index (χ1v) is 7.50. The van der Waals surface area contributed by atoms with Crippen LogP contribution in [0.25, 0.3) is 0 Å². The molecule has 1 saturated heterocycles. The molecule has 0 atom stereocenters. The lowest BCUT2D eigenvalue weighted by molar-refractivity contribution is 0.398. The molecule has 1 aromatic rings. The minimum absolute atomic E-state index is 0.741. The zero-order valence-electron chi connectivity index (χ0n) is 12.7. The molecule has 1 aliphatic heterocycles. The zero-order chi connectivity index (χ0) is 14.4. The lowest BCUT2D eigenvalue weighted by Crippen LogP contribution is -2.18. The topological polar surface area (TPSA) is 47.7 Å². The summed E-state index contributed by atoms with van der Waals surface area (Å²) in [6.07, 6.45) is 5.61. The Kier molecular flexibility index (Phi) is 5.53. The van der Waals surface area contributed by atoms with Crippen molar-refractivity contribution in [1.82, 2.24) is 0 Å². The Morgan fingerprint density at radius 1 is 1.05 bits per heavy atom.